The van der Waals surface area contributed by atoms with E-state index in [0.29, 0.717) is 6.04 Å². The fourth-order valence-electron chi connectivity index (χ4n) is 3.68. The number of benzene rings is 1. The van der Waals surface area contributed by atoms with E-state index in [1.165, 1.54) is 44.3 Å². The molecule has 0 radical (unpaired) electrons. The number of rotatable bonds is 4. The Morgan fingerprint density at radius 3 is 2.24 bits per heavy atom. The number of hydrogen-bond acceptors (Lipinski definition) is 2. The number of halogens is 1. The number of nitrogens with one attached hydrogen (secondary N) is 1. The molecule has 3 heteroatoms. The largest absolute Gasteiger partial charge is 0.311 e. The van der Waals surface area contributed by atoms with Crippen molar-refractivity contribution in [3.63, 3.8) is 0 Å². The maximum absolute atomic E-state index is 5.95. The molecule has 0 atom stereocenters. The quantitative estimate of drug-likeness (QED) is 0.903. The van der Waals surface area contributed by atoms with Gasteiger partial charge in [0.15, 0.2) is 0 Å². The summed E-state index contributed by atoms with van der Waals surface area (Å²) in [5.41, 5.74) is 1.45. The molecule has 1 aliphatic heterocycles. The number of nitrogens with zero attached hydrogens (tertiary/aromatic N) is 1. The Morgan fingerprint density at radius 2 is 1.67 bits per heavy atom. The van der Waals surface area contributed by atoms with Gasteiger partial charge >= 0.3 is 0 Å². The minimum absolute atomic E-state index is 0.698. The first kappa shape index (κ1) is 15.3. The van der Waals surface area contributed by atoms with E-state index in [4.69, 9.17) is 11.6 Å². The Labute approximate surface area is 133 Å². The normalized spacial score (nSPS) is 27.8. The highest BCUT2D eigenvalue weighted by Gasteiger charge is 2.32. The number of likely N-dealkylation sites (tertiary alicyclic amines) is 1. The molecule has 1 aromatic rings. The summed E-state index contributed by atoms with van der Waals surface area (Å²) < 4.78 is 0. The molecule has 2 nitrogen and oxygen atoms in total. The molecule has 3 rings (SSSR count). The van der Waals surface area contributed by atoms with E-state index in [1.54, 1.807) is 0 Å². The van der Waals surface area contributed by atoms with Crippen LogP contribution in [-0.2, 0) is 0 Å². The van der Waals surface area contributed by atoms with Gasteiger partial charge in [-0.3, -0.25) is 0 Å². The maximum atomic E-state index is 5.95. The Balaban J connectivity index is 1.40. The van der Waals surface area contributed by atoms with Crippen LogP contribution in [0.4, 0.5) is 0 Å². The van der Waals surface area contributed by atoms with Crippen molar-refractivity contribution in [2.45, 2.75) is 63.6 Å². The highest BCUT2D eigenvalue weighted by Crippen LogP contribution is 2.37. The van der Waals surface area contributed by atoms with Gasteiger partial charge < -0.3 is 10.2 Å². The van der Waals surface area contributed by atoms with E-state index in [0.717, 1.165) is 23.0 Å². The van der Waals surface area contributed by atoms with Crippen LogP contribution in [0, 0.1) is 0 Å². The molecule has 21 heavy (non-hydrogen) atoms. The molecule has 0 unspecified atom stereocenters. The predicted molar refractivity (Wildman–Crippen MR) is 90.1 cm³/mol. The van der Waals surface area contributed by atoms with Crippen LogP contribution in [0.1, 0.15) is 51.0 Å². The highest BCUT2D eigenvalue weighted by molar-refractivity contribution is 6.30. The van der Waals surface area contributed by atoms with Crippen LogP contribution in [0.3, 0.4) is 0 Å². The van der Waals surface area contributed by atoms with E-state index in [9.17, 15) is 0 Å². The van der Waals surface area contributed by atoms with E-state index < -0.39 is 0 Å². The second kappa shape index (κ2) is 6.68. The van der Waals surface area contributed by atoms with Crippen molar-refractivity contribution in [3.05, 3.63) is 34.9 Å². The molecular formula is C18H27ClN2. The van der Waals surface area contributed by atoms with E-state index in [2.05, 4.69) is 36.2 Å². The van der Waals surface area contributed by atoms with Crippen LogP contribution in [-0.4, -0.2) is 36.1 Å². The SMILES string of the molecule is CC(C)N1CCC(NC2CC(c3ccc(Cl)cc3)C2)CC1. The molecule has 2 aliphatic rings. The van der Waals surface area contributed by atoms with Crippen LogP contribution in [0.25, 0.3) is 0 Å². The van der Waals surface area contributed by atoms with Crippen molar-refractivity contribution < 1.29 is 0 Å². The average Bonchev–Trinajstić information content (AvgIpc) is 2.44. The van der Waals surface area contributed by atoms with Gasteiger partial charge in [0.25, 0.3) is 0 Å². The van der Waals surface area contributed by atoms with Crippen molar-refractivity contribution in [2.24, 2.45) is 0 Å². The van der Waals surface area contributed by atoms with Crippen LogP contribution >= 0.6 is 11.6 Å². The monoisotopic (exact) mass is 306 g/mol. The summed E-state index contributed by atoms with van der Waals surface area (Å²) in [4.78, 5) is 2.59. The highest BCUT2D eigenvalue weighted by atomic mass is 35.5. The Bertz CT molecular complexity index is 443. The molecule has 1 aliphatic carbocycles. The van der Waals surface area contributed by atoms with Gasteiger partial charge in [-0.1, -0.05) is 23.7 Å². The van der Waals surface area contributed by atoms with Gasteiger partial charge in [-0.25, -0.2) is 0 Å². The Hall–Kier alpha value is -0.570. The van der Waals surface area contributed by atoms with Crippen LogP contribution in [0.5, 0.6) is 0 Å². The van der Waals surface area contributed by atoms with E-state index in [-0.39, 0.29) is 0 Å². The maximum Gasteiger partial charge on any atom is 0.0406 e. The second-order valence-electron chi connectivity index (χ2n) is 6.99. The van der Waals surface area contributed by atoms with Gasteiger partial charge in [0.1, 0.15) is 0 Å². The molecule has 1 saturated heterocycles. The summed E-state index contributed by atoms with van der Waals surface area (Å²) in [6.07, 6.45) is 5.18. The van der Waals surface area contributed by atoms with Crippen molar-refractivity contribution in [3.8, 4) is 0 Å². The summed E-state index contributed by atoms with van der Waals surface area (Å²) in [5, 5.41) is 4.71. The molecule has 0 amide bonds. The van der Waals surface area contributed by atoms with Crippen molar-refractivity contribution in [1.82, 2.24) is 10.2 Å². The van der Waals surface area contributed by atoms with Crippen molar-refractivity contribution >= 4 is 11.6 Å². The lowest BCUT2D eigenvalue weighted by Crippen LogP contribution is -2.50. The third-order valence-corrected chi connectivity index (χ3v) is 5.46. The zero-order chi connectivity index (χ0) is 14.8. The molecule has 1 N–H and O–H groups in total. The van der Waals surface area contributed by atoms with Gasteiger partial charge in [-0.05, 0) is 76.2 Å². The fourth-order valence-corrected chi connectivity index (χ4v) is 3.80. The Morgan fingerprint density at radius 1 is 1.05 bits per heavy atom. The van der Waals surface area contributed by atoms with Gasteiger partial charge in [0, 0.05) is 23.1 Å². The average molecular weight is 307 g/mol. The third-order valence-electron chi connectivity index (χ3n) is 5.21. The van der Waals surface area contributed by atoms with Gasteiger partial charge in [-0.15, -0.1) is 0 Å². The summed E-state index contributed by atoms with van der Waals surface area (Å²) in [7, 11) is 0. The lowest BCUT2D eigenvalue weighted by molar-refractivity contribution is 0.144. The minimum Gasteiger partial charge on any atom is -0.311 e. The Kier molecular flexibility index (Phi) is 4.88. The molecule has 0 aromatic heterocycles. The van der Waals surface area contributed by atoms with Gasteiger partial charge in [0.2, 0.25) is 0 Å². The smallest absolute Gasteiger partial charge is 0.0406 e. The molecule has 116 valence electrons. The zero-order valence-electron chi connectivity index (χ0n) is 13.2. The predicted octanol–water partition coefficient (Wildman–Crippen LogP) is 4.05. The molecule has 0 spiro atoms. The number of hydrogen-bond donors (Lipinski definition) is 1. The first-order valence-corrected chi connectivity index (χ1v) is 8.75. The summed E-state index contributed by atoms with van der Waals surface area (Å²) >= 11 is 5.95. The third kappa shape index (κ3) is 3.80. The van der Waals surface area contributed by atoms with Gasteiger partial charge in [-0.2, -0.15) is 0 Å². The van der Waals surface area contributed by atoms with Crippen molar-refractivity contribution in [1.29, 1.82) is 0 Å². The van der Waals surface area contributed by atoms with E-state index >= 15 is 0 Å². The molecular weight excluding hydrogens is 280 g/mol. The molecule has 2 fully saturated rings. The molecule has 1 saturated carbocycles. The molecule has 1 heterocycles. The standard InChI is InChI=1S/C18H27ClN2/c1-13(2)21-9-7-17(8-10-21)20-18-11-15(12-18)14-3-5-16(19)6-4-14/h3-6,13,15,17-18,20H,7-12H2,1-2H3. The zero-order valence-corrected chi connectivity index (χ0v) is 13.9. The first-order chi connectivity index (χ1) is 10.1. The first-order valence-electron chi connectivity index (χ1n) is 8.37. The minimum atomic E-state index is 0.698. The summed E-state index contributed by atoms with van der Waals surface area (Å²) in [6.45, 7) is 7.11. The topological polar surface area (TPSA) is 15.3 Å². The van der Waals surface area contributed by atoms with Crippen LogP contribution in [0.2, 0.25) is 5.02 Å². The number of piperidine rings is 1. The van der Waals surface area contributed by atoms with Gasteiger partial charge in [0.05, 0.1) is 0 Å². The second-order valence-corrected chi connectivity index (χ2v) is 7.42. The van der Waals surface area contributed by atoms with Crippen molar-refractivity contribution in [2.75, 3.05) is 13.1 Å². The molecule has 0 bridgehead atoms. The molecule has 1 aromatic carbocycles. The van der Waals surface area contributed by atoms with E-state index in [1.807, 2.05) is 12.1 Å². The lowest BCUT2D eigenvalue weighted by Gasteiger charge is -2.42. The summed E-state index contributed by atoms with van der Waals surface area (Å²) in [5.74, 6) is 0.732. The lowest BCUT2D eigenvalue weighted by atomic mass is 9.75. The van der Waals surface area contributed by atoms with Crippen LogP contribution < -0.4 is 5.32 Å². The fraction of sp³-hybridized carbons (Fsp3) is 0.667. The van der Waals surface area contributed by atoms with Crippen LogP contribution in [0.15, 0.2) is 24.3 Å². The summed E-state index contributed by atoms with van der Waals surface area (Å²) in [6, 6.07) is 10.6.